The molecule has 3 heteroatoms. The van der Waals surface area contributed by atoms with Crippen molar-refractivity contribution in [2.24, 2.45) is 5.92 Å². The number of aliphatic hydroxyl groups is 1. The van der Waals surface area contributed by atoms with Crippen molar-refractivity contribution in [1.29, 1.82) is 0 Å². The highest BCUT2D eigenvalue weighted by molar-refractivity contribution is 5.42. The standard InChI is InChI=1S/C13H20N2O/c1-2-10-5-7-13(16,8-6-10)11-4-3-9-15-12(11)14/h3-4,9-10,16H,2,5-8H2,1H3,(H2,14,15). The third kappa shape index (κ3) is 2.05. The Kier molecular flexibility index (Phi) is 3.15. The zero-order valence-corrected chi connectivity index (χ0v) is 9.82. The van der Waals surface area contributed by atoms with Crippen molar-refractivity contribution in [3.05, 3.63) is 23.9 Å². The molecule has 0 amide bonds. The van der Waals surface area contributed by atoms with E-state index in [1.54, 1.807) is 6.20 Å². The summed E-state index contributed by atoms with van der Waals surface area (Å²) in [6.45, 7) is 2.22. The van der Waals surface area contributed by atoms with Crippen molar-refractivity contribution < 1.29 is 5.11 Å². The lowest BCUT2D eigenvalue weighted by atomic mass is 9.74. The molecule has 0 saturated heterocycles. The first kappa shape index (κ1) is 11.4. The lowest BCUT2D eigenvalue weighted by molar-refractivity contribution is -0.0141. The summed E-state index contributed by atoms with van der Waals surface area (Å²) in [6.07, 6.45) is 6.66. The van der Waals surface area contributed by atoms with E-state index in [2.05, 4.69) is 11.9 Å². The summed E-state index contributed by atoms with van der Waals surface area (Å²) >= 11 is 0. The van der Waals surface area contributed by atoms with Gasteiger partial charge in [-0.1, -0.05) is 19.4 Å². The monoisotopic (exact) mass is 220 g/mol. The average Bonchev–Trinajstić information content (AvgIpc) is 2.30. The van der Waals surface area contributed by atoms with E-state index in [0.29, 0.717) is 5.82 Å². The van der Waals surface area contributed by atoms with Crippen LogP contribution in [0.3, 0.4) is 0 Å². The summed E-state index contributed by atoms with van der Waals surface area (Å²) in [5.41, 5.74) is 5.90. The molecule has 1 saturated carbocycles. The number of rotatable bonds is 2. The zero-order valence-electron chi connectivity index (χ0n) is 9.82. The van der Waals surface area contributed by atoms with Crippen LogP contribution in [0.2, 0.25) is 0 Å². The molecule has 0 bridgehead atoms. The van der Waals surface area contributed by atoms with Gasteiger partial charge in [0.25, 0.3) is 0 Å². The summed E-state index contributed by atoms with van der Waals surface area (Å²) in [4.78, 5) is 4.06. The molecule has 16 heavy (non-hydrogen) atoms. The van der Waals surface area contributed by atoms with Gasteiger partial charge in [0.2, 0.25) is 0 Å². The normalized spacial score (nSPS) is 30.2. The Bertz CT molecular complexity index is 357. The Morgan fingerprint density at radius 1 is 1.50 bits per heavy atom. The number of hydrogen-bond donors (Lipinski definition) is 2. The molecule has 0 unspecified atom stereocenters. The molecule has 0 spiro atoms. The van der Waals surface area contributed by atoms with Crippen LogP contribution in [-0.4, -0.2) is 10.1 Å². The lowest BCUT2D eigenvalue weighted by Crippen LogP contribution is -2.32. The molecule has 1 fully saturated rings. The number of nitrogens with two attached hydrogens (primary N) is 1. The fourth-order valence-corrected chi connectivity index (χ4v) is 2.64. The molecule has 1 heterocycles. The molecule has 1 aromatic rings. The second kappa shape index (κ2) is 4.42. The largest absolute Gasteiger partial charge is 0.385 e. The summed E-state index contributed by atoms with van der Waals surface area (Å²) in [7, 11) is 0. The summed E-state index contributed by atoms with van der Waals surface area (Å²) in [5.74, 6) is 1.23. The van der Waals surface area contributed by atoms with Gasteiger partial charge in [0.1, 0.15) is 5.82 Å². The van der Waals surface area contributed by atoms with Crippen LogP contribution in [0, 0.1) is 5.92 Å². The van der Waals surface area contributed by atoms with Gasteiger partial charge in [-0.15, -0.1) is 0 Å². The van der Waals surface area contributed by atoms with Crippen LogP contribution in [0.5, 0.6) is 0 Å². The van der Waals surface area contributed by atoms with Gasteiger partial charge < -0.3 is 10.8 Å². The minimum Gasteiger partial charge on any atom is -0.385 e. The van der Waals surface area contributed by atoms with Gasteiger partial charge in [-0.05, 0) is 37.7 Å². The van der Waals surface area contributed by atoms with Crippen molar-refractivity contribution in [2.75, 3.05) is 5.73 Å². The maximum Gasteiger partial charge on any atom is 0.129 e. The Labute approximate surface area is 96.7 Å². The number of nitrogen functional groups attached to an aromatic ring is 1. The lowest BCUT2D eigenvalue weighted by Gasteiger charge is -2.36. The molecule has 1 aliphatic carbocycles. The number of hydrogen-bond acceptors (Lipinski definition) is 3. The van der Waals surface area contributed by atoms with Crippen LogP contribution >= 0.6 is 0 Å². The van der Waals surface area contributed by atoms with Crippen molar-refractivity contribution in [1.82, 2.24) is 4.98 Å². The minimum atomic E-state index is -0.746. The third-order valence-corrected chi connectivity index (χ3v) is 3.85. The Morgan fingerprint density at radius 3 is 2.75 bits per heavy atom. The minimum absolute atomic E-state index is 0.472. The molecule has 0 atom stereocenters. The molecule has 2 rings (SSSR count). The highest BCUT2D eigenvalue weighted by Gasteiger charge is 2.35. The molecular weight excluding hydrogens is 200 g/mol. The number of nitrogens with zero attached hydrogens (tertiary/aromatic N) is 1. The first-order valence-corrected chi connectivity index (χ1v) is 6.09. The van der Waals surface area contributed by atoms with Gasteiger partial charge in [0.15, 0.2) is 0 Å². The number of pyridine rings is 1. The third-order valence-electron chi connectivity index (χ3n) is 3.85. The van der Waals surface area contributed by atoms with E-state index in [4.69, 9.17) is 5.73 Å². The van der Waals surface area contributed by atoms with Gasteiger partial charge in [0, 0.05) is 11.8 Å². The van der Waals surface area contributed by atoms with E-state index >= 15 is 0 Å². The van der Waals surface area contributed by atoms with Crippen molar-refractivity contribution >= 4 is 5.82 Å². The highest BCUT2D eigenvalue weighted by atomic mass is 16.3. The molecule has 0 radical (unpaired) electrons. The number of anilines is 1. The number of aromatic nitrogens is 1. The topological polar surface area (TPSA) is 59.1 Å². The second-order valence-electron chi connectivity index (χ2n) is 4.82. The Morgan fingerprint density at radius 2 is 2.19 bits per heavy atom. The molecule has 3 N–H and O–H groups in total. The van der Waals surface area contributed by atoms with Crippen molar-refractivity contribution in [2.45, 2.75) is 44.6 Å². The molecule has 0 aromatic carbocycles. The van der Waals surface area contributed by atoms with Gasteiger partial charge in [-0.25, -0.2) is 4.98 Å². The van der Waals surface area contributed by atoms with Gasteiger partial charge in [-0.3, -0.25) is 0 Å². The summed E-state index contributed by atoms with van der Waals surface area (Å²) in [5, 5.41) is 10.6. The molecule has 3 nitrogen and oxygen atoms in total. The predicted molar refractivity (Wildman–Crippen MR) is 64.8 cm³/mol. The molecular formula is C13H20N2O. The van der Waals surface area contributed by atoms with Crippen molar-refractivity contribution in [3.63, 3.8) is 0 Å². The van der Waals surface area contributed by atoms with Crippen LogP contribution in [-0.2, 0) is 5.60 Å². The van der Waals surface area contributed by atoms with Crippen LogP contribution in [0.25, 0.3) is 0 Å². The molecule has 0 aliphatic heterocycles. The van der Waals surface area contributed by atoms with E-state index in [1.807, 2.05) is 12.1 Å². The Hall–Kier alpha value is -1.09. The first-order valence-electron chi connectivity index (χ1n) is 6.09. The maximum atomic E-state index is 10.6. The van der Waals surface area contributed by atoms with Crippen LogP contribution in [0.1, 0.15) is 44.6 Å². The highest BCUT2D eigenvalue weighted by Crippen LogP contribution is 2.41. The van der Waals surface area contributed by atoms with Gasteiger partial charge in [-0.2, -0.15) is 0 Å². The van der Waals surface area contributed by atoms with Crippen LogP contribution in [0.15, 0.2) is 18.3 Å². The van der Waals surface area contributed by atoms with Crippen LogP contribution in [0.4, 0.5) is 5.82 Å². The Balaban J connectivity index is 2.18. The quantitative estimate of drug-likeness (QED) is 0.804. The van der Waals surface area contributed by atoms with E-state index in [0.717, 1.165) is 37.2 Å². The summed E-state index contributed by atoms with van der Waals surface area (Å²) in [6, 6.07) is 3.74. The SMILES string of the molecule is CCC1CCC(O)(c2cccnc2N)CC1. The van der Waals surface area contributed by atoms with E-state index in [-0.39, 0.29) is 0 Å². The first-order chi connectivity index (χ1) is 7.65. The molecule has 1 aliphatic rings. The fourth-order valence-electron chi connectivity index (χ4n) is 2.64. The summed E-state index contributed by atoms with van der Waals surface area (Å²) < 4.78 is 0. The van der Waals surface area contributed by atoms with Crippen LogP contribution < -0.4 is 5.73 Å². The predicted octanol–water partition coefficient (Wildman–Crippen LogP) is 2.45. The second-order valence-corrected chi connectivity index (χ2v) is 4.82. The maximum absolute atomic E-state index is 10.6. The average molecular weight is 220 g/mol. The van der Waals surface area contributed by atoms with Crippen molar-refractivity contribution in [3.8, 4) is 0 Å². The van der Waals surface area contributed by atoms with E-state index in [1.165, 1.54) is 6.42 Å². The van der Waals surface area contributed by atoms with Gasteiger partial charge >= 0.3 is 0 Å². The van der Waals surface area contributed by atoms with E-state index in [9.17, 15) is 5.11 Å². The molecule has 88 valence electrons. The fraction of sp³-hybridized carbons (Fsp3) is 0.615. The van der Waals surface area contributed by atoms with Gasteiger partial charge in [0.05, 0.1) is 5.60 Å². The zero-order chi connectivity index (χ0) is 11.6. The molecule has 1 aromatic heterocycles. The van der Waals surface area contributed by atoms with E-state index < -0.39 is 5.60 Å². The smallest absolute Gasteiger partial charge is 0.129 e.